The van der Waals surface area contributed by atoms with Crippen molar-refractivity contribution in [3.8, 4) is 0 Å². The lowest BCUT2D eigenvalue weighted by atomic mass is 10.0. The Kier molecular flexibility index (Phi) is 6.40. The minimum Gasteiger partial charge on any atom is -0.444 e. The van der Waals surface area contributed by atoms with Gasteiger partial charge in [0, 0.05) is 19.1 Å². The number of aromatic nitrogens is 2. The number of aryl methyl sites for hydroxylation is 1. The molecule has 6 heteroatoms. The van der Waals surface area contributed by atoms with Crippen LogP contribution in [0.3, 0.4) is 0 Å². The van der Waals surface area contributed by atoms with Crippen molar-refractivity contribution in [2.75, 3.05) is 18.0 Å². The lowest BCUT2D eigenvalue weighted by molar-refractivity contribution is 0.0522. The third-order valence-corrected chi connectivity index (χ3v) is 5.86. The Balaban J connectivity index is 1.61. The zero-order chi connectivity index (χ0) is 22.7. The van der Waals surface area contributed by atoms with Gasteiger partial charge in [-0.25, -0.2) is 9.78 Å². The maximum absolute atomic E-state index is 12.2. The highest BCUT2D eigenvalue weighted by Gasteiger charge is 2.28. The monoisotopic (exact) mass is 434 g/mol. The van der Waals surface area contributed by atoms with E-state index in [2.05, 4.69) is 64.2 Å². The first-order valence-corrected chi connectivity index (χ1v) is 11.5. The summed E-state index contributed by atoms with van der Waals surface area (Å²) in [7, 11) is 0. The fourth-order valence-electron chi connectivity index (χ4n) is 4.31. The Labute approximate surface area is 190 Å². The summed E-state index contributed by atoms with van der Waals surface area (Å²) in [6.45, 7) is 9.99. The number of ether oxygens (including phenoxy) is 1. The van der Waals surface area contributed by atoms with Gasteiger partial charge in [0.15, 0.2) is 0 Å². The Morgan fingerprint density at radius 3 is 2.62 bits per heavy atom. The number of nitrogens with zero attached hydrogens (tertiary/aromatic N) is 3. The molecule has 4 rings (SSSR count). The summed E-state index contributed by atoms with van der Waals surface area (Å²) in [6, 6.07) is 17.2. The Morgan fingerprint density at radius 2 is 1.88 bits per heavy atom. The van der Waals surface area contributed by atoms with Crippen molar-refractivity contribution in [2.24, 2.45) is 0 Å². The largest absolute Gasteiger partial charge is 0.444 e. The molecule has 1 aliphatic heterocycles. The molecule has 0 spiro atoms. The van der Waals surface area contributed by atoms with Gasteiger partial charge < -0.3 is 19.5 Å². The highest BCUT2D eigenvalue weighted by molar-refractivity contribution is 5.79. The van der Waals surface area contributed by atoms with Crippen LogP contribution in [0.25, 0.3) is 11.0 Å². The number of carbonyl (C=O) groups is 1. The molecule has 1 fully saturated rings. The van der Waals surface area contributed by atoms with E-state index in [-0.39, 0.29) is 12.1 Å². The number of rotatable bonds is 5. The van der Waals surface area contributed by atoms with Crippen molar-refractivity contribution in [1.29, 1.82) is 0 Å². The zero-order valence-corrected chi connectivity index (χ0v) is 19.6. The molecule has 3 aromatic rings. The van der Waals surface area contributed by atoms with Gasteiger partial charge in [0.05, 0.1) is 17.6 Å². The van der Waals surface area contributed by atoms with Crippen LogP contribution >= 0.6 is 0 Å². The van der Waals surface area contributed by atoms with Gasteiger partial charge in [0.25, 0.3) is 0 Å². The number of benzene rings is 2. The number of nitrogens with one attached hydrogen (secondary N) is 1. The van der Waals surface area contributed by atoms with Gasteiger partial charge in [-0.3, -0.25) is 0 Å². The highest BCUT2D eigenvalue weighted by Crippen LogP contribution is 2.29. The number of piperidine rings is 1. The van der Waals surface area contributed by atoms with Crippen molar-refractivity contribution in [3.63, 3.8) is 0 Å². The van der Waals surface area contributed by atoms with Crippen molar-refractivity contribution >= 4 is 23.1 Å². The fourth-order valence-corrected chi connectivity index (χ4v) is 4.31. The van der Waals surface area contributed by atoms with Crippen LogP contribution in [0.15, 0.2) is 48.5 Å². The number of amides is 1. The number of para-hydroxylation sites is 2. The molecule has 6 nitrogen and oxygen atoms in total. The molecular weight excluding hydrogens is 400 g/mol. The summed E-state index contributed by atoms with van der Waals surface area (Å²) in [5, 5.41) is 2.98. The smallest absolute Gasteiger partial charge is 0.407 e. The average molecular weight is 435 g/mol. The number of carbonyl (C=O) groups excluding carboxylic acids is 1. The molecule has 1 N–H and O–H groups in total. The number of hydrogen-bond donors (Lipinski definition) is 1. The van der Waals surface area contributed by atoms with Gasteiger partial charge in [0.1, 0.15) is 5.60 Å². The number of imidazole rings is 1. The van der Waals surface area contributed by atoms with E-state index >= 15 is 0 Å². The molecule has 2 heterocycles. The number of anilines is 1. The van der Waals surface area contributed by atoms with Gasteiger partial charge in [0.2, 0.25) is 5.95 Å². The maximum atomic E-state index is 12.2. The number of fused-ring (bicyclic) bond motifs is 1. The van der Waals surface area contributed by atoms with Crippen LogP contribution in [0.4, 0.5) is 10.7 Å². The van der Waals surface area contributed by atoms with Crippen molar-refractivity contribution < 1.29 is 9.53 Å². The summed E-state index contributed by atoms with van der Waals surface area (Å²) in [6.07, 6.45) is 2.92. The molecule has 0 radical (unpaired) electrons. The molecule has 0 aliphatic carbocycles. The molecule has 1 amide bonds. The van der Waals surface area contributed by atoms with E-state index < -0.39 is 5.60 Å². The first-order chi connectivity index (χ1) is 15.3. The normalized spacial score (nSPS) is 16.9. The molecule has 170 valence electrons. The topological polar surface area (TPSA) is 59.4 Å². The molecule has 32 heavy (non-hydrogen) atoms. The number of alkyl carbamates (subject to hydrolysis) is 1. The predicted molar refractivity (Wildman–Crippen MR) is 129 cm³/mol. The number of hydrogen-bond acceptors (Lipinski definition) is 4. The van der Waals surface area contributed by atoms with Crippen LogP contribution in [-0.4, -0.2) is 40.4 Å². The second-order valence-electron chi connectivity index (χ2n) is 9.70. The van der Waals surface area contributed by atoms with Gasteiger partial charge in [-0.2, -0.15) is 0 Å². The lowest BCUT2D eigenvalue weighted by Crippen LogP contribution is -2.48. The fraction of sp³-hybridized carbons (Fsp3) is 0.462. The second kappa shape index (κ2) is 9.23. The van der Waals surface area contributed by atoms with Crippen molar-refractivity contribution in [1.82, 2.24) is 14.9 Å². The van der Waals surface area contributed by atoms with Crippen LogP contribution < -0.4 is 10.2 Å². The molecule has 2 aromatic carbocycles. The van der Waals surface area contributed by atoms with Crippen molar-refractivity contribution in [3.05, 3.63) is 59.7 Å². The third-order valence-electron chi connectivity index (χ3n) is 5.86. The maximum Gasteiger partial charge on any atom is 0.407 e. The van der Waals surface area contributed by atoms with Crippen LogP contribution in [0.5, 0.6) is 0 Å². The standard InChI is InChI=1S/C26H34N4O2/c1-19-12-14-20(15-13-19)18-30-23-11-6-5-10-22(23)28-24(30)29-16-8-7-9-21(29)17-27-25(31)32-26(2,3)4/h5-6,10-15,21H,7-9,16-18H2,1-4H3,(H,27,31)/t21-/m0/s1. The zero-order valence-electron chi connectivity index (χ0n) is 19.6. The van der Waals surface area contributed by atoms with Crippen LogP contribution in [0.2, 0.25) is 0 Å². The van der Waals surface area contributed by atoms with Crippen LogP contribution in [-0.2, 0) is 11.3 Å². The SMILES string of the molecule is Cc1ccc(Cn2c(N3CCCC[C@H]3CNC(=O)OC(C)(C)C)nc3ccccc32)cc1. The summed E-state index contributed by atoms with van der Waals surface area (Å²) < 4.78 is 7.75. The Morgan fingerprint density at radius 1 is 1.12 bits per heavy atom. The first kappa shape index (κ1) is 22.2. The summed E-state index contributed by atoms with van der Waals surface area (Å²) in [5.41, 5.74) is 4.14. The molecule has 0 saturated carbocycles. The lowest BCUT2D eigenvalue weighted by Gasteiger charge is -2.37. The molecule has 1 saturated heterocycles. The Bertz CT molecular complexity index is 1070. The van der Waals surface area contributed by atoms with Gasteiger partial charge in [-0.15, -0.1) is 0 Å². The van der Waals surface area contributed by atoms with E-state index in [1.165, 1.54) is 11.1 Å². The summed E-state index contributed by atoms with van der Waals surface area (Å²) in [5.74, 6) is 0.975. The first-order valence-electron chi connectivity index (χ1n) is 11.5. The van der Waals surface area contributed by atoms with Gasteiger partial charge >= 0.3 is 6.09 Å². The Hall–Kier alpha value is -3.02. The van der Waals surface area contributed by atoms with Gasteiger partial charge in [-0.1, -0.05) is 42.0 Å². The third kappa shape index (κ3) is 5.23. The minimum absolute atomic E-state index is 0.185. The quantitative estimate of drug-likeness (QED) is 0.594. The second-order valence-corrected chi connectivity index (χ2v) is 9.70. The molecule has 0 bridgehead atoms. The highest BCUT2D eigenvalue weighted by atomic mass is 16.6. The van der Waals surface area contributed by atoms with Crippen molar-refractivity contribution in [2.45, 2.75) is 65.1 Å². The molecule has 1 atom stereocenters. The minimum atomic E-state index is -0.502. The van der Waals surface area contributed by atoms with E-state index in [0.29, 0.717) is 6.54 Å². The van der Waals surface area contributed by atoms with E-state index in [1.807, 2.05) is 26.8 Å². The van der Waals surface area contributed by atoms with Gasteiger partial charge in [-0.05, 0) is 64.7 Å². The van der Waals surface area contributed by atoms with E-state index in [4.69, 9.17) is 9.72 Å². The average Bonchev–Trinajstić information content (AvgIpc) is 3.11. The molecular formula is C26H34N4O2. The summed E-state index contributed by atoms with van der Waals surface area (Å²) >= 11 is 0. The van der Waals surface area contributed by atoms with Crippen LogP contribution in [0.1, 0.15) is 51.2 Å². The van der Waals surface area contributed by atoms with E-state index in [1.54, 1.807) is 0 Å². The predicted octanol–water partition coefficient (Wildman–Crippen LogP) is 5.28. The van der Waals surface area contributed by atoms with E-state index in [0.717, 1.165) is 49.3 Å². The molecule has 1 aliphatic rings. The molecule has 1 aromatic heterocycles. The van der Waals surface area contributed by atoms with Crippen LogP contribution in [0, 0.1) is 6.92 Å². The molecule has 0 unspecified atom stereocenters. The van der Waals surface area contributed by atoms with E-state index in [9.17, 15) is 4.79 Å². The summed E-state index contributed by atoms with van der Waals surface area (Å²) in [4.78, 5) is 19.7.